The van der Waals surface area contributed by atoms with Gasteiger partial charge in [-0.15, -0.1) is 0 Å². The molecule has 0 aliphatic carbocycles. The topological polar surface area (TPSA) is 37.8 Å². The van der Waals surface area contributed by atoms with Crippen LogP contribution in [0.4, 0.5) is 0 Å². The van der Waals surface area contributed by atoms with E-state index in [1.54, 1.807) is 6.20 Å². The molecule has 1 aromatic heterocycles. The summed E-state index contributed by atoms with van der Waals surface area (Å²) in [6.45, 7) is 5.46. The summed E-state index contributed by atoms with van der Waals surface area (Å²) >= 11 is 0. The molecule has 0 bridgehead atoms. The van der Waals surface area contributed by atoms with Crippen molar-refractivity contribution < 1.29 is 0 Å². The number of aromatic nitrogens is 2. The lowest BCUT2D eigenvalue weighted by Crippen LogP contribution is -2.31. The van der Waals surface area contributed by atoms with E-state index in [4.69, 9.17) is 0 Å². The summed E-state index contributed by atoms with van der Waals surface area (Å²) in [5, 5.41) is 11.5. The molecule has 0 saturated heterocycles. The van der Waals surface area contributed by atoms with E-state index in [-0.39, 0.29) is 0 Å². The van der Waals surface area contributed by atoms with E-state index in [9.17, 15) is 0 Å². The Morgan fingerprint density at radius 1 is 1.43 bits per heavy atom. The van der Waals surface area contributed by atoms with Gasteiger partial charge in [-0.2, -0.15) is 10.2 Å². The van der Waals surface area contributed by atoms with Crippen LogP contribution in [0.25, 0.3) is 0 Å². The Balaban J connectivity index is 2.40. The highest BCUT2D eigenvalue weighted by atomic mass is 15.1. The van der Waals surface area contributed by atoms with Crippen LogP contribution >= 0.6 is 0 Å². The van der Waals surface area contributed by atoms with E-state index in [2.05, 4.69) is 29.4 Å². The fourth-order valence-electron chi connectivity index (χ4n) is 1.40. The fourth-order valence-corrected chi connectivity index (χ4v) is 1.40. The van der Waals surface area contributed by atoms with Crippen LogP contribution in [-0.4, -0.2) is 22.8 Å². The van der Waals surface area contributed by atoms with Crippen molar-refractivity contribution in [3.05, 3.63) is 24.0 Å². The Morgan fingerprint density at radius 3 is 2.86 bits per heavy atom. The largest absolute Gasteiger partial charge is 0.314 e. The Hall–Kier alpha value is -0.960. The molecule has 1 rings (SSSR count). The number of hydrogen-bond donors (Lipinski definition) is 1. The number of nitrogens with zero attached hydrogens (tertiary/aromatic N) is 2. The smallest absolute Gasteiger partial charge is 0.0646 e. The van der Waals surface area contributed by atoms with E-state index in [0.29, 0.717) is 6.04 Å². The summed E-state index contributed by atoms with van der Waals surface area (Å²) in [4.78, 5) is 0. The molecule has 1 heterocycles. The number of nitrogens with one attached hydrogen (secondary N) is 1. The van der Waals surface area contributed by atoms with Crippen LogP contribution in [0.15, 0.2) is 18.3 Å². The van der Waals surface area contributed by atoms with Crippen LogP contribution in [0.5, 0.6) is 0 Å². The Morgan fingerprint density at radius 2 is 2.29 bits per heavy atom. The molecule has 3 heteroatoms. The molecule has 0 aromatic carbocycles. The minimum Gasteiger partial charge on any atom is -0.314 e. The monoisotopic (exact) mass is 193 g/mol. The van der Waals surface area contributed by atoms with Crippen molar-refractivity contribution in [3.8, 4) is 0 Å². The Bertz CT molecular complexity index is 236. The van der Waals surface area contributed by atoms with Crippen molar-refractivity contribution in [1.29, 1.82) is 0 Å². The van der Waals surface area contributed by atoms with Gasteiger partial charge in [0.05, 0.1) is 5.69 Å². The Kier molecular flexibility index (Phi) is 5.15. The maximum atomic E-state index is 4.08. The van der Waals surface area contributed by atoms with Crippen molar-refractivity contribution in [2.45, 2.75) is 39.2 Å². The molecule has 1 unspecified atom stereocenters. The van der Waals surface area contributed by atoms with Gasteiger partial charge < -0.3 is 5.32 Å². The van der Waals surface area contributed by atoms with E-state index in [1.807, 2.05) is 12.1 Å². The maximum absolute atomic E-state index is 4.08. The second kappa shape index (κ2) is 6.49. The highest BCUT2D eigenvalue weighted by Gasteiger charge is 2.06. The van der Waals surface area contributed by atoms with Gasteiger partial charge in [0.2, 0.25) is 0 Å². The second-order valence-corrected chi connectivity index (χ2v) is 3.48. The van der Waals surface area contributed by atoms with E-state index in [1.165, 1.54) is 6.42 Å². The second-order valence-electron chi connectivity index (χ2n) is 3.48. The summed E-state index contributed by atoms with van der Waals surface area (Å²) in [5.74, 6) is 0. The van der Waals surface area contributed by atoms with Crippen LogP contribution in [0, 0.1) is 0 Å². The first-order valence-electron chi connectivity index (χ1n) is 5.36. The first-order chi connectivity index (χ1) is 6.86. The highest BCUT2D eigenvalue weighted by Crippen LogP contribution is 2.01. The van der Waals surface area contributed by atoms with Gasteiger partial charge >= 0.3 is 0 Å². The molecule has 0 spiro atoms. The summed E-state index contributed by atoms with van der Waals surface area (Å²) < 4.78 is 0. The van der Waals surface area contributed by atoms with E-state index in [0.717, 1.165) is 25.1 Å². The summed E-state index contributed by atoms with van der Waals surface area (Å²) in [5.41, 5.74) is 1.07. The predicted octanol–water partition coefficient (Wildman–Crippen LogP) is 1.80. The third kappa shape index (κ3) is 3.83. The first-order valence-corrected chi connectivity index (χ1v) is 5.36. The fraction of sp³-hybridized carbons (Fsp3) is 0.636. The van der Waals surface area contributed by atoms with Gasteiger partial charge in [-0.3, -0.25) is 0 Å². The molecule has 0 radical (unpaired) electrons. The molecule has 14 heavy (non-hydrogen) atoms. The molecule has 1 atom stereocenters. The van der Waals surface area contributed by atoms with Crippen LogP contribution in [0.2, 0.25) is 0 Å². The standard InChI is InChI=1S/C11H19N3/c1-3-7-12-10(4-2)9-11-6-5-8-13-14-11/h5-6,8,10,12H,3-4,7,9H2,1-2H3. The zero-order valence-corrected chi connectivity index (χ0v) is 9.03. The van der Waals surface area contributed by atoms with Crippen molar-refractivity contribution in [1.82, 2.24) is 15.5 Å². The lowest BCUT2D eigenvalue weighted by Gasteiger charge is -2.15. The predicted molar refractivity (Wildman–Crippen MR) is 58.1 cm³/mol. The first kappa shape index (κ1) is 11.1. The summed E-state index contributed by atoms with van der Waals surface area (Å²) in [6.07, 6.45) is 5.00. The van der Waals surface area contributed by atoms with Crippen molar-refractivity contribution >= 4 is 0 Å². The number of hydrogen-bond acceptors (Lipinski definition) is 3. The van der Waals surface area contributed by atoms with Gasteiger partial charge in [-0.1, -0.05) is 13.8 Å². The third-order valence-corrected chi connectivity index (χ3v) is 2.26. The molecule has 1 N–H and O–H groups in total. The molecule has 3 nitrogen and oxygen atoms in total. The normalized spacial score (nSPS) is 12.7. The lowest BCUT2D eigenvalue weighted by atomic mass is 10.1. The summed E-state index contributed by atoms with van der Waals surface area (Å²) in [7, 11) is 0. The van der Waals surface area contributed by atoms with Gasteiger partial charge in [0.15, 0.2) is 0 Å². The molecule has 0 aliphatic heterocycles. The van der Waals surface area contributed by atoms with Crippen molar-refractivity contribution in [2.24, 2.45) is 0 Å². The van der Waals surface area contributed by atoms with Crippen LogP contribution < -0.4 is 5.32 Å². The van der Waals surface area contributed by atoms with Gasteiger partial charge in [-0.05, 0) is 31.5 Å². The van der Waals surface area contributed by atoms with Gasteiger partial charge in [0, 0.05) is 18.7 Å². The van der Waals surface area contributed by atoms with Crippen LogP contribution in [0.1, 0.15) is 32.4 Å². The molecule has 1 aromatic rings. The molecule has 0 amide bonds. The molecule has 0 fully saturated rings. The minimum atomic E-state index is 0.534. The number of rotatable bonds is 6. The average molecular weight is 193 g/mol. The van der Waals surface area contributed by atoms with Crippen molar-refractivity contribution in [2.75, 3.05) is 6.54 Å². The van der Waals surface area contributed by atoms with Crippen LogP contribution in [0.3, 0.4) is 0 Å². The van der Waals surface area contributed by atoms with Gasteiger partial charge in [0.25, 0.3) is 0 Å². The maximum Gasteiger partial charge on any atom is 0.0646 e. The average Bonchev–Trinajstić information content (AvgIpc) is 2.25. The minimum absolute atomic E-state index is 0.534. The molecular formula is C11H19N3. The zero-order valence-electron chi connectivity index (χ0n) is 9.03. The molecular weight excluding hydrogens is 174 g/mol. The van der Waals surface area contributed by atoms with E-state index < -0.39 is 0 Å². The zero-order chi connectivity index (χ0) is 10.2. The quantitative estimate of drug-likeness (QED) is 0.748. The summed E-state index contributed by atoms with van der Waals surface area (Å²) in [6, 6.07) is 4.50. The van der Waals surface area contributed by atoms with Gasteiger partial charge in [0.1, 0.15) is 0 Å². The van der Waals surface area contributed by atoms with Gasteiger partial charge in [-0.25, -0.2) is 0 Å². The van der Waals surface area contributed by atoms with Crippen LogP contribution in [-0.2, 0) is 6.42 Å². The SMILES string of the molecule is CCCNC(CC)Cc1cccnn1. The lowest BCUT2D eigenvalue weighted by molar-refractivity contribution is 0.489. The highest BCUT2D eigenvalue weighted by molar-refractivity contribution is 5.01. The van der Waals surface area contributed by atoms with E-state index >= 15 is 0 Å². The van der Waals surface area contributed by atoms with Crippen molar-refractivity contribution in [3.63, 3.8) is 0 Å². The molecule has 0 aliphatic rings. The molecule has 0 saturated carbocycles. The third-order valence-electron chi connectivity index (χ3n) is 2.26. The Labute approximate surface area is 85.9 Å². The molecule has 78 valence electrons.